The summed E-state index contributed by atoms with van der Waals surface area (Å²) in [5, 5.41) is 3.25. The van der Waals surface area contributed by atoms with Crippen molar-refractivity contribution in [2.75, 3.05) is 24.8 Å². The molecule has 0 aliphatic rings. The number of benzene rings is 1. The van der Waals surface area contributed by atoms with E-state index in [2.05, 4.69) is 5.32 Å². The summed E-state index contributed by atoms with van der Waals surface area (Å²) in [7, 11) is 0. The topological polar surface area (TPSA) is 64.6 Å². The highest BCUT2D eigenvalue weighted by atomic mass is 32.2. The van der Waals surface area contributed by atoms with Gasteiger partial charge in [0, 0.05) is 9.77 Å². The number of nitrogens with one attached hydrogen (secondary N) is 1. The van der Waals surface area contributed by atoms with Crippen LogP contribution in [0.2, 0.25) is 0 Å². The third kappa shape index (κ3) is 5.51. The molecule has 0 fully saturated rings. The normalized spacial score (nSPS) is 10.4. The fraction of sp³-hybridized carbons (Fsp3) is 0.333. The maximum Gasteiger partial charge on any atom is 0.341 e. The Balaban J connectivity index is 1.99. The zero-order valence-corrected chi connectivity index (χ0v) is 16.1. The number of anilines is 1. The number of esters is 1. The van der Waals surface area contributed by atoms with Gasteiger partial charge in [-0.25, -0.2) is 4.79 Å². The Kier molecular flexibility index (Phi) is 7.33. The average Bonchev–Trinajstić information content (AvgIpc) is 3.03. The van der Waals surface area contributed by atoms with Crippen LogP contribution < -0.4 is 10.1 Å². The van der Waals surface area contributed by atoms with Crippen molar-refractivity contribution in [3.63, 3.8) is 0 Å². The summed E-state index contributed by atoms with van der Waals surface area (Å²) in [6, 6.07) is 9.28. The molecule has 0 unspecified atom stereocenters. The van der Waals surface area contributed by atoms with Crippen LogP contribution in [-0.2, 0) is 16.0 Å². The first kappa shape index (κ1) is 19.3. The van der Waals surface area contributed by atoms with Gasteiger partial charge in [0.15, 0.2) is 6.61 Å². The summed E-state index contributed by atoms with van der Waals surface area (Å²) in [5.41, 5.74) is 0.390. The van der Waals surface area contributed by atoms with E-state index in [9.17, 15) is 9.59 Å². The summed E-state index contributed by atoms with van der Waals surface area (Å²) in [6.45, 7) is 3.91. The number of aryl methyl sites for hydroxylation is 1. The smallest absolute Gasteiger partial charge is 0.341 e. The van der Waals surface area contributed by atoms with Gasteiger partial charge in [0.05, 0.1) is 12.2 Å². The maximum absolute atomic E-state index is 12.2. The largest absolute Gasteiger partial charge is 0.484 e. The monoisotopic (exact) mass is 379 g/mol. The van der Waals surface area contributed by atoms with Crippen LogP contribution in [0, 0.1) is 0 Å². The molecule has 1 amide bonds. The van der Waals surface area contributed by atoms with E-state index < -0.39 is 5.97 Å². The van der Waals surface area contributed by atoms with E-state index in [0.29, 0.717) is 22.9 Å². The second-order valence-corrected chi connectivity index (χ2v) is 7.06. The van der Waals surface area contributed by atoms with Crippen molar-refractivity contribution < 1.29 is 19.1 Å². The van der Waals surface area contributed by atoms with Crippen molar-refractivity contribution in [1.82, 2.24) is 0 Å². The molecule has 0 saturated heterocycles. The summed E-state index contributed by atoms with van der Waals surface area (Å²) in [5.74, 6) is -0.120. The van der Waals surface area contributed by atoms with Crippen LogP contribution in [0.5, 0.6) is 5.75 Å². The molecule has 2 rings (SSSR count). The van der Waals surface area contributed by atoms with Gasteiger partial charge in [-0.05, 0) is 49.9 Å². The third-order valence-corrected chi connectivity index (χ3v) is 5.25. The summed E-state index contributed by atoms with van der Waals surface area (Å²) in [6.07, 6.45) is 2.78. The summed E-state index contributed by atoms with van der Waals surface area (Å²) < 4.78 is 10.5. The molecule has 0 spiro atoms. The lowest BCUT2D eigenvalue weighted by molar-refractivity contribution is -0.118. The Morgan fingerprint density at radius 1 is 1.20 bits per heavy atom. The molecule has 1 aromatic heterocycles. The van der Waals surface area contributed by atoms with Crippen molar-refractivity contribution >= 4 is 40.0 Å². The van der Waals surface area contributed by atoms with Crippen LogP contribution in [0.4, 0.5) is 5.00 Å². The van der Waals surface area contributed by atoms with Gasteiger partial charge < -0.3 is 14.8 Å². The number of carbonyl (C=O) groups is 2. The zero-order valence-electron chi connectivity index (χ0n) is 14.5. The van der Waals surface area contributed by atoms with E-state index in [0.717, 1.165) is 16.2 Å². The molecule has 0 aliphatic carbocycles. The number of ether oxygens (including phenoxy) is 2. The van der Waals surface area contributed by atoms with Crippen molar-refractivity contribution in [1.29, 1.82) is 0 Å². The molecule has 1 heterocycles. The van der Waals surface area contributed by atoms with Gasteiger partial charge in [-0.3, -0.25) is 4.79 Å². The van der Waals surface area contributed by atoms with Gasteiger partial charge in [-0.1, -0.05) is 6.92 Å². The first-order chi connectivity index (χ1) is 12.1. The fourth-order valence-electron chi connectivity index (χ4n) is 2.05. The number of thioether (sulfide) groups is 1. The van der Waals surface area contributed by atoms with Crippen LogP contribution in [0.3, 0.4) is 0 Å². The molecule has 1 N–H and O–H groups in total. The van der Waals surface area contributed by atoms with Gasteiger partial charge >= 0.3 is 5.97 Å². The molecule has 1 aromatic carbocycles. The summed E-state index contributed by atoms with van der Waals surface area (Å²) >= 11 is 3.02. The van der Waals surface area contributed by atoms with Crippen LogP contribution in [-0.4, -0.2) is 31.3 Å². The molecular formula is C18H21NO4S2. The Morgan fingerprint density at radius 2 is 1.92 bits per heavy atom. The highest BCUT2D eigenvalue weighted by Crippen LogP contribution is 2.29. The predicted molar refractivity (Wildman–Crippen MR) is 102 cm³/mol. The minimum absolute atomic E-state index is 0.125. The Labute approximate surface area is 155 Å². The van der Waals surface area contributed by atoms with E-state index >= 15 is 0 Å². The van der Waals surface area contributed by atoms with E-state index in [1.807, 2.05) is 37.4 Å². The van der Waals surface area contributed by atoms with E-state index in [4.69, 9.17) is 9.47 Å². The predicted octanol–water partition coefficient (Wildman–Crippen LogP) is 4.23. The molecular weight excluding hydrogens is 358 g/mol. The number of amides is 1. The van der Waals surface area contributed by atoms with Gasteiger partial charge in [0.25, 0.3) is 5.91 Å². The molecule has 134 valence electrons. The van der Waals surface area contributed by atoms with Crippen LogP contribution in [0.1, 0.15) is 29.1 Å². The van der Waals surface area contributed by atoms with Crippen LogP contribution in [0.15, 0.2) is 35.2 Å². The molecule has 25 heavy (non-hydrogen) atoms. The lowest BCUT2D eigenvalue weighted by Gasteiger charge is -2.08. The second-order valence-electron chi connectivity index (χ2n) is 5.04. The van der Waals surface area contributed by atoms with Gasteiger partial charge in [-0.2, -0.15) is 0 Å². The van der Waals surface area contributed by atoms with Crippen molar-refractivity contribution in [2.24, 2.45) is 0 Å². The van der Waals surface area contributed by atoms with E-state index in [1.165, 1.54) is 11.3 Å². The average molecular weight is 380 g/mol. The van der Waals surface area contributed by atoms with E-state index in [-0.39, 0.29) is 12.5 Å². The van der Waals surface area contributed by atoms with Crippen LogP contribution in [0.25, 0.3) is 0 Å². The Morgan fingerprint density at radius 3 is 2.52 bits per heavy atom. The first-order valence-corrected chi connectivity index (χ1v) is 9.98. The second kappa shape index (κ2) is 9.48. The lowest BCUT2D eigenvalue weighted by Crippen LogP contribution is -2.21. The van der Waals surface area contributed by atoms with Gasteiger partial charge in [-0.15, -0.1) is 23.1 Å². The number of carbonyl (C=O) groups excluding carboxylic acids is 2. The molecule has 7 heteroatoms. The van der Waals surface area contributed by atoms with Crippen molar-refractivity contribution in [3.8, 4) is 5.75 Å². The molecule has 0 bridgehead atoms. The molecule has 2 aromatic rings. The highest BCUT2D eigenvalue weighted by Gasteiger charge is 2.18. The van der Waals surface area contributed by atoms with E-state index in [1.54, 1.807) is 24.8 Å². The number of hydrogen-bond acceptors (Lipinski definition) is 6. The van der Waals surface area contributed by atoms with Crippen molar-refractivity contribution in [2.45, 2.75) is 25.2 Å². The molecule has 0 atom stereocenters. The maximum atomic E-state index is 12.2. The fourth-order valence-corrected chi connectivity index (χ4v) is 3.46. The Bertz CT molecular complexity index is 725. The lowest BCUT2D eigenvalue weighted by atomic mass is 10.2. The molecule has 0 aliphatic heterocycles. The summed E-state index contributed by atoms with van der Waals surface area (Å²) in [4.78, 5) is 26.3. The highest BCUT2D eigenvalue weighted by molar-refractivity contribution is 7.98. The standard InChI is InChI=1S/C18H21NO4S2/c1-4-13-10-15(18(21)22-5-2)17(25-13)19-16(20)11-23-12-6-8-14(24-3)9-7-12/h6-10H,4-5,11H2,1-3H3,(H,19,20). The zero-order chi connectivity index (χ0) is 18.2. The SMILES string of the molecule is CCOC(=O)c1cc(CC)sc1NC(=O)COc1ccc(SC)cc1. The quantitative estimate of drug-likeness (QED) is 0.549. The minimum atomic E-state index is -0.428. The number of hydrogen-bond donors (Lipinski definition) is 1. The van der Waals surface area contributed by atoms with Gasteiger partial charge in [0.1, 0.15) is 10.8 Å². The number of rotatable bonds is 8. The minimum Gasteiger partial charge on any atom is -0.484 e. The first-order valence-electron chi connectivity index (χ1n) is 7.93. The molecule has 5 nitrogen and oxygen atoms in total. The Hall–Kier alpha value is -1.99. The molecule has 0 radical (unpaired) electrons. The van der Waals surface area contributed by atoms with Crippen LogP contribution >= 0.6 is 23.1 Å². The van der Waals surface area contributed by atoms with Gasteiger partial charge in [0.2, 0.25) is 0 Å². The van der Waals surface area contributed by atoms with Crippen molar-refractivity contribution in [3.05, 3.63) is 40.8 Å². The molecule has 0 saturated carbocycles. The number of thiophene rings is 1. The third-order valence-electron chi connectivity index (χ3n) is 3.31.